The Morgan fingerprint density at radius 1 is 1.06 bits per heavy atom. The average molecular weight is 479 g/mol. The third-order valence-electron chi connectivity index (χ3n) is 5.69. The highest BCUT2D eigenvalue weighted by Crippen LogP contribution is 2.43. The van der Waals surface area contributed by atoms with Gasteiger partial charge in [-0.15, -0.1) is 0 Å². The molecule has 2 heterocycles. The van der Waals surface area contributed by atoms with Gasteiger partial charge in [-0.3, -0.25) is 14.6 Å². The molecule has 3 aromatic rings. The highest BCUT2D eigenvalue weighted by molar-refractivity contribution is 6.46. The molecule has 4 rings (SSSR count). The number of ketones is 1. The number of aliphatic hydroxyl groups excluding tert-OH is 1. The highest BCUT2D eigenvalue weighted by atomic mass is 35.5. The van der Waals surface area contributed by atoms with Gasteiger partial charge in [-0.2, -0.15) is 0 Å². The normalized spacial score (nSPS) is 17.2. The molecule has 1 atom stereocenters. The van der Waals surface area contributed by atoms with Gasteiger partial charge in [0.25, 0.3) is 11.7 Å². The summed E-state index contributed by atoms with van der Waals surface area (Å²) >= 11 is 6.21. The molecule has 0 spiro atoms. The van der Waals surface area contributed by atoms with Crippen LogP contribution in [0.4, 0.5) is 0 Å². The average Bonchev–Trinajstić information content (AvgIpc) is 3.09. The van der Waals surface area contributed by atoms with Gasteiger partial charge in [0, 0.05) is 12.3 Å². The summed E-state index contributed by atoms with van der Waals surface area (Å²) in [5, 5.41) is 11.7. The van der Waals surface area contributed by atoms with Crippen molar-refractivity contribution in [3.8, 4) is 11.5 Å². The van der Waals surface area contributed by atoms with Crippen molar-refractivity contribution < 1.29 is 24.2 Å². The van der Waals surface area contributed by atoms with E-state index in [2.05, 4.69) is 4.98 Å². The maximum atomic E-state index is 13.3. The van der Waals surface area contributed by atoms with E-state index < -0.39 is 17.7 Å². The Kier molecular flexibility index (Phi) is 6.56. The van der Waals surface area contributed by atoms with Crippen LogP contribution in [0.5, 0.6) is 11.5 Å². The van der Waals surface area contributed by atoms with E-state index in [0.29, 0.717) is 17.0 Å². The van der Waals surface area contributed by atoms with Crippen LogP contribution in [0.25, 0.3) is 5.76 Å². The van der Waals surface area contributed by atoms with Gasteiger partial charge in [0.05, 0.1) is 48.7 Å². The number of hydrogen-bond acceptors (Lipinski definition) is 6. The molecule has 0 bridgehead atoms. The molecule has 0 radical (unpaired) electrons. The lowest BCUT2D eigenvalue weighted by Gasteiger charge is -2.25. The van der Waals surface area contributed by atoms with Crippen molar-refractivity contribution in [2.75, 3.05) is 14.2 Å². The first-order valence-electron chi connectivity index (χ1n) is 10.5. The molecule has 7 nitrogen and oxygen atoms in total. The van der Waals surface area contributed by atoms with Crippen LogP contribution in [0.3, 0.4) is 0 Å². The molecule has 1 aliphatic rings. The van der Waals surface area contributed by atoms with E-state index >= 15 is 0 Å². The highest BCUT2D eigenvalue weighted by Gasteiger charge is 2.46. The quantitative estimate of drug-likeness (QED) is 0.314. The number of aryl methyl sites for hydroxylation is 1. The number of methoxy groups -OCH3 is 2. The summed E-state index contributed by atoms with van der Waals surface area (Å²) in [6, 6.07) is 15.0. The van der Waals surface area contributed by atoms with Crippen molar-refractivity contribution in [2.45, 2.75) is 19.5 Å². The third-order valence-corrected chi connectivity index (χ3v) is 5.98. The van der Waals surface area contributed by atoms with E-state index in [0.717, 1.165) is 5.56 Å². The molecule has 0 saturated carbocycles. The van der Waals surface area contributed by atoms with Crippen LogP contribution in [0, 0.1) is 6.92 Å². The third kappa shape index (κ3) is 4.22. The molecule has 1 unspecified atom stereocenters. The van der Waals surface area contributed by atoms with Crippen LogP contribution in [0.2, 0.25) is 5.02 Å². The van der Waals surface area contributed by atoms with E-state index in [1.807, 2.05) is 37.3 Å². The van der Waals surface area contributed by atoms with Crippen LogP contribution in [-0.4, -0.2) is 40.9 Å². The van der Waals surface area contributed by atoms with Crippen molar-refractivity contribution >= 4 is 29.1 Å². The summed E-state index contributed by atoms with van der Waals surface area (Å²) in [5.74, 6) is -1.37. The van der Waals surface area contributed by atoms with Gasteiger partial charge in [-0.1, -0.05) is 47.5 Å². The second kappa shape index (κ2) is 9.57. The van der Waals surface area contributed by atoms with Crippen molar-refractivity contribution in [1.29, 1.82) is 0 Å². The summed E-state index contributed by atoms with van der Waals surface area (Å²) in [5.41, 5.74) is 2.41. The zero-order valence-corrected chi connectivity index (χ0v) is 19.7. The number of rotatable bonds is 6. The fourth-order valence-corrected chi connectivity index (χ4v) is 4.32. The van der Waals surface area contributed by atoms with Crippen LogP contribution >= 0.6 is 11.6 Å². The lowest BCUT2D eigenvalue weighted by molar-refractivity contribution is -0.140. The molecule has 1 amide bonds. The fraction of sp³-hybridized carbons (Fsp3) is 0.192. The van der Waals surface area contributed by atoms with Crippen molar-refractivity contribution in [1.82, 2.24) is 9.88 Å². The number of amides is 1. The zero-order chi connectivity index (χ0) is 24.4. The molecule has 1 saturated heterocycles. The Morgan fingerprint density at radius 3 is 2.47 bits per heavy atom. The Hall–Kier alpha value is -3.84. The number of hydrogen-bond donors (Lipinski definition) is 1. The molecule has 1 aliphatic heterocycles. The van der Waals surface area contributed by atoms with Crippen molar-refractivity contribution in [3.05, 3.63) is 93.8 Å². The van der Waals surface area contributed by atoms with E-state index in [9.17, 15) is 14.7 Å². The summed E-state index contributed by atoms with van der Waals surface area (Å²) < 4.78 is 10.7. The number of ether oxygens (including phenoxy) is 2. The van der Waals surface area contributed by atoms with Gasteiger partial charge in [-0.05, 0) is 30.7 Å². The molecule has 1 fully saturated rings. The number of likely N-dealkylation sites (tertiary alicyclic amines) is 1. The second-order valence-electron chi connectivity index (χ2n) is 7.85. The molecule has 174 valence electrons. The van der Waals surface area contributed by atoms with Crippen LogP contribution in [0.1, 0.15) is 28.4 Å². The smallest absolute Gasteiger partial charge is 0.296 e. The number of pyridine rings is 1. The lowest BCUT2D eigenvalue weighted by Crippen LogP contribution is -2.29. The first-order chi connectivity index (χ1) is 16.3. The monoisotopic (exact) mass is 478 g/mol. The zero-order valence-electron chi connectivity index (χ0n) is 18.9. The van der Waals surface area contributed by atoms with Crippen LogP contribution < -0.4 is 9.47 Å². The van der Waals surface area contributed by atoms with Crippen LogP contribution in [-0.2, 0) is 16.1 Å². The molecule has 0 aliphatic carbocycles. The molecular weight excluding hydrogens is 456 g/mol. The number of nitrogens with zero attached hydrogens (tertiary/aromatic N) is 2. The Morgan fingerprint density at radius 2 is 1.82 bits per heavy atom. The van der Waals surface area contributed by atoms with E-state index in [1.165, 1.54) is 31.3 Å². The Bertz CT molecular complexity index is 1290. The van der Waals surface area contributed by atoms with E-state index in [1.54, 1.807) is 18.3 Å². The number of carbonyl (C=O) groups is 2. The minimum absolute atomic E-state index is 0.0470. The lowest BCUT2D eigenvalue weighted by atomic mass is 9.94. The van der Waals surface area contributed by atoms with Crippen molar-refractivity contribution in [3.63, 3.8) is 0 Å². The molecule has 1 aromatic heterocycles. The van der Waals surface area contributed by atoms with Gasteiger partial charge in [0.1, 0.15) is 17.3 Å². The molecular formula is C26H23ClN2O5. The maximum absolute atomic E-state index is 13.3. The van der Waals surface area contributed by atoms with Gasteiger partial charge >= 0.3 is 0 Å². The largest absolute Gasteiger partial charge is 0.507 e. The maximum Gasteiger partial charge on any atom is 0.296 e. The first-order valence-corrected chi connectivity index (χ1v) is 10.9. The number of halogens is 1. The minimum atomic E-state index is -0.826. The molecule has 8 heteroatoms. The van der Waals surface area contributed by atoms with E-state index in [4.69, 9.17) is 21.1 Å². The number of benzene rings is 2. The van der Waals surface area contributed by atoms with E-state index in [-0.39, 0.29) is 34.2 Å². The number of carbonyl (C=O) groups excluding carboxylic acids is 2. The second-order valence-corrected chi connectivity index (χ2v) is 8.26. The molecule has 34 heavy (non-hydrogen) atoms. The standard InChI is InChI=1S/C26H23ClN2O5/c1-15-7-6-8-16(11-15)23-22(24(30)18-12-21(34-3)19(27)13-20(18)33-2)25(31)26(32)29(23)14-17-9-4-5-10-28-17/h4-13,23,30H,14H2,1-3H3/b24-22+. The fourth-order valence-electron chi connectivity index (χ4n) is 4.09. The predicted octanol–water partition coefficient (Wildman–Crippen LogP) is 4.68. The topological polar surface area (TPSA) is 89.0 Å². The van der Waals surface area contributed by atoms with Gasteiger partial charge < -0.3 is 19.5 Å². The predicted molar refractivity (Wildman–Crippen MR) is 128 cm³/mol. The summed E-state index contributed by atoms with van der Waals surface area (Å²) in [7, 11) is 2.86. The summed E-state index contributed by atoms with van der Waals surface area (Å²) in [6.45, 7) is 2.02. The Labute approximate surface area is 202 Å². The van der Waals surface area contributed by atoms with Gasteiger partial charge in [-0.25, -0.2) is 0 Å². The number of Topliss-reactive ketones (excluding diaryl/α,β-unsaturated/α-hetero) is 1. The number of aromatic nitrogens is 1. The molecule has 1 N–H and O–H groups in total. The van der Waals surface area contributed by atoms with Crippen molar-refractivity contribution in [2.24, 2.45) is 0 Å². The van der Waals surface area contributed by atoms with Gasteiger partial charge in [0.2, 0.25) is 0 Å². The van der Waals surface area contributed by atoms with Crippen LogP contribution in [0.15, 0.2) is 66.4 Å². The molecule has 2 aromatic carbocycles. The first kappa shape index (κ1) is 23.3. The Balaban J connectivity index is 1.93. The minimum Gasteiger partial charge on any atom is -0.507 e. The SMILES string of the molecule is COc1cc(/C(O)=C2\C(=O)C(=O)N(Cc3ccccn3)C2c2cccc(C)c2)c(OC)cc1Cl. The number of aliphatic hydroxyl groups is 1. The summed E-state index contributed by atoms with van der Waals surface area (Å²) in [6.07, 6.45) is 1.62. The van der Waals surface area contributed by atoms with Gasteiger partial charge in [0.15, 0.2) is 0 Å². The summed E-state index contributed by atoms with van der Waals surface area (Å²) in [4.78, 5) is 32.2.